The number of nitrogens with one attached hydrogen (secondary N) is 2. The van der Waals surface area contributed by atoms with E-state index in [1.165, 1.54) is 6.20 Å². The van der Waals surface area contributed by atoms with Gasteiger partial charge in [-0.2, -0.15) is 0 Å². The number of hydrogen-bond acceptors (Lipinski definition) is 4. The minimum Gasteiger partial charge on any atom is -0.368 e. The maximum Gasteiger partial charge on any atom is 0.147 e. The average molecular weight is 187 g/mol. The van der Waals surface area contributed by atoms with Crippen LogP contribution in [0.3, 0.4) is 0 Å². The van der Waals surface area contributed by atoms with E-state index in [1.54, 1.807) is 6.20 Å². The van der Waals surface area contributed by atoms with Crippen LogP contribution in [0, 0.1) is 0 Å². The number of hydrogen-bond donors (Lipinski definition) is 2. The third-order valence-electron chi connectivity index (χ3n) is 1.30. The number of likely N-dealkylation sites (N-methyl/N-ethyl adjacent to an activating group) is 1. The lowest BCUT2D eigenvalue weighted by molar-refractivity contribution is 0.820. The molecule has 0 aliphatic carbocycles. The van der Waals surface area contributed by atoms with Gasteiger partial charge in [-0.3, -0.25) is 0 Å². The Morgan fingerprint density at radius 1 is 1.33 bits per heavy atom. The zero-order chi connectivity index (χ0) is 8.81. The van der Waals surface area contributed by atoms with E-state index in [0.717, 1.165) is 18.9 Å². The maximum absolute atomic E-state index is 5.56. The zero-order valence-electron chi connectivity index (χ0n) is 6.84. The Morgan fingerprint density at radius 2 is 2.17 bits per heavy atom. The molecule has 0 unspecified atom stereocenters. The van der Waals surface area contributed by atoms with Crippen molar-refractivity contribution in [2.45, 2.75) is 0 Å². The van der Waals surface area contributed by atoms with Crippen LogP contribution in [-0.4, -0.2) is 30.1 Å². The van der Waals surface area contributed by atoms with E-state index in [9.17, 15) is 0 Å². The summed E-state index contributed by atoms with van der Waals surface area (Å²) < 4.78 is 0. The van der Waals surface area contributed by atoms with Crippen molar-refractivity contribution in [1.82, 2.24) is 15.3 Å². The minimum absolute atomic E-state index is 0.411. The van der Waals surface area contributed by atoms with E-state index in [1.807, 2.05) is 7.05 Å². The standard InChI is InChI=1S/C7H11ClN4/c1-9-2-3-10-7-5-11-6(8)4-12-7/h4-5,9H,2-3H2,1H3,(H,10,12). The summed E-state index contributed by atoms with van der Waals surface area (Å²) in [6.07, 6.45) is 3.13. The van der Waals surface area contributed by atoms with Gasteiger partial charge in [-0.05, 0) is 7.05 Å². The van der Waals surface area contributed by atoms with Gasteiger partial charge >= 0.3 is 0 Å². The van der Waals surface area contributed by atoms with Gasteiger partial charge in [-0.15, -0.1) is 0 Å². The summed E-state index contributed by atoms with van der Waals surface area (Å²) in [4.78, 5) is 7.89. The highest BCUT2D eigenvalue weighted by Gasteiger charge is 1.92. The molecule has 0 radical (unpaired) electrons. The number of rotatable bonds is 4. The summed E-state index contributed by atoms with van der Waals surface area (Å²) in [5.41, 5.74) is 0. The normalized spacial score (nSPS) is 9.83. The molecule has 0 saturated carbocycles. The molecule has 12 heavy (non-hydrogen) atoms. The quantitative estimate of drug-likeness (QED) is 0.682. The largest absolute Gasteiger partial charge is 0.368 e. The van der Waals surface area contributed by atoms with Crippen LogP contribution in [0.1, 0.15) is 0 Å². The smallest absolute Gasteiger partial charge is 0.147 e. The van der Waals surface area contributed by atoms with Crippen molar-refractivity contribution in [2.75, 3.05) is 25.5 Å². The van der Waals surface area contributed by atoms with Gasteiger partial charge in [0.15, 0.2) is 0 Å². The summed E-state index contributed by atoms with van der Waals surface area (Å²) in [7, 11) is 1.90. The van der Waals surface area contributed by atoms with Gasteiger partial charge in [0.25, 0.3) is 0 Å². The molecule has 1 aromatic heterocycles. The Hall–Kier alpha value is -0.870. The predicted octanol–water partition coefficient (Wildman–Crippen LogP) is 0.761. The Kier molecular flexibility index (Phi) is 3.76. The lowest BCUT2D eigenvalue weighted by Crippen LogP contribution is -2.18. The van der Waals surface area contributed by atoms with Gasteiger partial charge in [-0.1, -0.05) is 11.6 Å². The monoisotopic (exact) mass is 186 g/mol. The van der Waals surface area contributed by atoms with Gasteiger partial charge in [0, 0.05) is 13.1 Å². The average Bonchev–Trinajstić information content (AvgIpc) is 2.09. The maximum atomic E-state index is 5.56. The zero-order valence-corrected chi connectivity index (χ0v) is 7.60. The van der Waals surface area contributed by atoms with Crippen LogP contribution in [0.25, 0.3) is 0 Å². The Labute approximate surface area is 76.4 Å². The third-order valence-corrected chi connectivity index (χ3v) is 1.50. The predicted molar refractivity (Wildman–Crippen MR) is 49.5 cm³/mol. The molecule has 1 rings (SSSR count). The van der Waals surface area contributed by atoms with E-state index >= 15 is 0 Å². The van der Waals surface area contributed by atoms with Gasteiger partial charge < -0.3 is 10.6 Å². The van der Waals surface area contributed by atoms with E-state index in [4.69, 9.17) is 11.6 Å². The molecule has 0 spiro atoms. The lowest BCUT2D eigenvalue weighted by atomic mass is 10.6. The fraction of sp³-hybridized carbons (Fsp3) is 0.429. The first-order valence-electron chi connectivity index (χ1n) is 3.69. The highest BCUT2D eigenvalue weighted by atomic mass is 35.5. The molecule has 0 aliphatic heterocycles. The van der Waals surface area contributed by atoms with E-state index in [0.29, 0.717) is 5.15 Å². The second kappa shape index (κ2) is 4.90. The van der Waals surface area contributed by atoms with Crippen molar-refractivity contribution in [2.24, 2.45) is 0 Å². The Morgan fingerprint density at radius 3 is 2.75 bits per heavy atom. The van der Waals surface area contributed by atoms with Crippen LogP contribution in [0.4, 0.5) is 5.82 Å². The van der Waals surface area contributed by atoms with Crippen molar-refractivity contribution >= 4 is 17.4 Å². The van der Waals surface area contributed by atoms with Crippen molar-refractivity contribution in [3.05, 3.63) is 17.5 Å². The molecule has 0 fully saturated rings. The molecular formula is C7H11ClN4. The second-order valence-electron chi connectivity index (χ2n) is 2.25. The van der Waals surface area contributed by atoms with Gasteiger partial charge in [0.2, 0.25) is 0 Å². The molecule has 4 nitrogen and oxygen atoms in total. The molecule has 1 aromatic rings. The Balaban J connectivity index is 2.37. The molecule has 0 bridgehead atoms. The van der Waals surface area contributed by atoms with E-state index < -0.39 is 0 Å². The summed E-state index contributed by atoms with van der Waals surface area (Å²) in [6.45, 7) is 1.72. The summed E-state index contributed by atoms with van der Waals surface area (Å²) >= 11 is 5.56. The van der Waals surface area contributed by atoms with Crippen molar-refractivity contribution in [3.8, 4) is 0 Å². The van der Waals surface area contributed by atoms with Gasteiger partial charge in [-0.25, -0.2) is 9.97 Å². The number of halogens is 1. The van der Waals surface area contributed by atoms with Crippen molar-refractivity contribution < 1.29 is 0 Å². The van der Waals surface area contributed by atoms with Crippen molar-refractivity contribution in [3.63, 3.8) is 0 Å². The topological polar surface area (TPSA) is 49.8 Å². The molecule has 0 atom stereocenters. The van der Waals surface area contributed by atoms with Crippen LogP contribution in [0.15, 0.2) is 12.4 Å². The van der Waals surface area contributed by atoms with Crippen molar-refractivity contribution in [1.29, 1.82) is 0 Å². The molecule has 66 valence electrons. The van der Waals surface area contributed by atoms with Gasteiger partial charge in [0.1, 0.15) is 11.0 Å². The summed E-state index contributed by atoms with van der Waals surface area (Å²) in [5.74, 6) is 0.745. The fourth-order valence-electron chi connectivity index (χ4n) is 0.719. The molecule has 2 N–H and O–H groups in total. The molecule has 5 heteroatoms. The lowest BCUT2D eigenvalue weighted by Gasteiger charge is -2.03. The fourth-order valence-corrected chi connectivity index (χ4v) is 0.817. The highest BCUT2D eigenvalue weighted by molar-refractivity contribution is 6.29. The van der Waals surface area contributed by atoms with Crippen LogP contribution in [-0.2, 0) is 0 Å². The van der Waals surface area contributed by atoms with Gasteiger partial charge in [0.05, 0.1) is 12.4 Å². The van der Waals surface area contributed by atoms with Crippen LogP contribution < -0.4 is 10.6 Å². The first kappa shape index (κ1) is 9.22. The van der Waals surface area contributed by atoms with Crippen LogP contribution in [0.5, 0.6) is 0 Å². The summed E-state index contributed by atoms with van der Waals surface area (Å²) in [6, 6.07) is 0. The van der Waals surface area contributed by atoms with E-state index in [2.05, 4.69) is 20.6 Å². The number of nitrogens with zero attached hydrogens (tertiary/aromatic N) is 2. The summed E-state index contributed by atoms with van der Waals surface area (Å²) in [5, 5.41) is 6.50. The number of anilines is 1. The van der Waals surface area contributed by atoms with Crippen LogP contribution >= 0.6 is 11.6 Å². The first-order valence-corrected chi connectivity index (χ1v) is 4.07. The number of aromatic nitrogens is 2. The second-order valence-corrected chi connectivity index (χ2v) is 2.64. The molecule has 0 aliphatic rings. The SMILES string of the molecule is CNCCNc1cnc(Cl)cn1. The molecule has 0 amide bonds. The highest BCUT2D eigenvalue weighted by Crippen LogP contribution is 2.03. The van der Waals surface area contributed by atoms with E-state index in [-0.39, 0.29) is 0 Å². The van der Waals surface area contributed by atoms with Crippen LogP contribution in [0.2, 0.25) is 5.15 Å². The third kappa shape index (κ3) is 3.02. The Bertz CT molecular complexity index is 223. The molecule has 1 heterocycles. The first-order chi connectivity index (χ1) is 5.83. The molecular weight excluding hydrogens is 176 g/mol. The molecule has 0 aromatic carbocycles. The molecule has 0 saturated heterocycles. The minimum atomic E-state index is 0.411.